The number of carbonyl (C=O) groups excluding carboxylic acids is 1. The number of nitrogens with zero attached hydrogens (tertiary/aromatic N) is 2. The van der Waals surface area contributed by atoms with Crippen molar-refractivity contribution in [2.24, 2.45) is 7.05 Å². The predicted molar refractivity (Wildman–Crippen MR) is 73.6 cm³/mol. The van der Waals surface area contributed by atoms with E-state index in [2.05, 4.69) is 10.3 Å². The topological polar surface area (TPSA) is 64.0 Å². The quantitative estimate of drug-likeness (QED) is 0.854. The summed E-state index contributed by atoms with van der Waals surface area (Å²) in [6.45, 7) is 1.84. The Morgan fingerprint density at radius 1 is 1.42 bits per heavy atom. The monoisotopic (exact) mass is 277 g/mol. The average molecular weight is 278 g/mol. The van der Waals surface area contributed by atoms with Gasteiger partial charge in [-0.3, -0.25) is 9.59 Å². The molecule has 0 saturated carbocycles. The highest BCUT2D eigenvalue weighted by atomic mass is 35.5. The van der Waals surface area contributed by atoms with Crippen molar-refractivity contribution >= 4 is 23.2 Å². The van der Waals surface area contributed by atoms with Crippen LogP contribution in [0.15, 0.2) is 35.4 Å². The van der Waals surface area contributed by atoms with Crippen LogP contribution in [0.4, 0.5) is 5.69 Å². The van der Waals surface area contributed by atoms with Gasteiger partial charge in [-0.15, -0.1) is 0 Å². The zero-order chi connectivity index (χ0) is 14.0. The lowest BCUT2D eigenvalue weighted by atomic mass is 10.2. The van der Waals surface area contributed by atoms with Gasteiger partial charge < -0.3 is 9.88 Å². The zero-order valence-corrected chi connectivity index (χ0v) is 11.2. The van der Waals surface area contributed by atoms with Crippen molar-refractivity contribution < 1.29 is 4.79 Å². The highest BCUT2D eigenvalue weighted by Gasteiger charge is 2.10. The number of nitrogens with one attached hydrogen (secondary N) is 1. The molecule has 2 rings (SSSR count). The molecular weight excluding hydrogens is 266 g/mol. The number of amides is 1. The standard InChI is InChI=1S/C13H12ClN3O2/c1-8-5-10(12(14)15-7-8)16-13(19)9-3-4-17(2)11(18)6-9/h3-7H,1-2H3,(H,16,19). The number of halogens is 1. The molecule has 6 heteroatoms. The minimum atomic E-state index is -0.396. The predicted octanol–water partition coefficient (Wildman–Crippen LogP) is 1.99. The third-order valence-electron chi connectivity index (χ3n) is 2.59. The van der Waals surface area contributed by atoms with Gasteiger partial charge in [-0.05, 0) is 24.6 Å². The third kappa shape index (κ3) is 3.00. The van der Waals surface area contributed by atoms with Crippen LogP contribution < -0.4 is 10.9 Å². The molecule has 0 unspecified atom stereocenters. The molecule has 1 amide bonds. The number of hydrogen-bond acceptors (Lipinski definition) is 3. The molecule has 5 nitrogen and oxygen atoms in total. The molecular formula is C13H12ClN3O2. The van der Waals surface area contributed by atoms with Crippen LogP contribution in [0.25, 0.3) is 0 Å². The molecule has 2 aromatic rings. The first-order chi connectivity index (χ1) is 8.97. The summed E-state index contributed by atoms with van der Waals surface area (Å²) < 4.78 is 1.39. The number of aromatic nitrogens is 2. The van der Waals surface area contributed by atoms with Gasteiger partial charge in [0.1, 0.15) is 0 Å². The Morgan fingerprint density at radius 2 is 2.16 bits per heavy atom. The molecule has 0 aromatic carbocycles. The molecule has 0 bridgehead atoms. The second kappa shape index (κ2) is 5.24. The summed E-state index contributed by atoms with van der Waals surface area (Å²) in [4.78, 5) is 27.4. The van der Waals surface area contributed by atoms with Gasteiger partial charge in [0.05, 0.1) is 5.69 Å². The maximum atomic E-state index is 12.0. The first-order valence-corrected chi connectivity index (χ1v) is 5.95. The van der Waals surface area contributed by atoms with Gasteiger partial charge in [0, 0.05) is 31.1 Å². The zero-order valence-electron chi connectivity index (χ0n) is 10.5. The van der Waals surface area contributed by atoms with Gasteiger partial charge in [0.2, 0.25) is 0 Å². The Hall–Kier alpha value is -2.14. The number of anilines is 1. The van der Waals surface area contributed by atoms with Gasteiger partial charge in [0.25, 0.3) is 11.5 Å². The Kier molecular flexibility index (Phi) is 3.66. The summed E-state index contributed by atoms with van der Waals surface area (Å²) in [5, 5.41) is 2.84. The molecule has 2 heterocycles. The van der Waals surface area contributed by atoms with Crippen LogP contribution in [0.1, 0.15) is 15.9 Å². The molecule has 0 aliphatic heterocycles. The van der Waals surface area contributed by atoms with E-state index in [9.17, 15) is 9.59 Å². The smallest absolute Gasteiger partial charge is 0.255 e. The summed E-state index contributed by atoms with van der Waals surface area (Å²) in [6.07, 6.45) is 3.14. The Bertz CT molecular complexity index is 695. The van der Waals surface area contributed by atoms with Crippen LogP contribution in [-0.4, -0.2) is 15.5 Å². The van der Waals surface area contributed by atoms with Crippen molar-refractivity contribution in [3.63, 3.8) is 0 Å². The largest absolute Gasteiger partial charge is 0.319 e. The molecule has 0 atom stereocenters. The van der Waals surface area contributed by atoms with Gasteiger partial charge >= 0.3 is 0 Å². The lowest BCUT2D eigenvalue weighted by molar-refractivity contribution is 0.102. The first kappa shape index (κ1) is 13.3. The van der Waals surface area contributed by atoms with Crippen molar-refractivity contribution in [1.29, 1.82) is 0 Å². The van der Waals surface area contributed by atoms with Gasteiger partial charge in [0.15, 0.2) is 5.15 Å². The number of pyridine rings is 2. The minimum Gasteiger partial charge on any atom is -0.319 e. The van der Waals surface area contributed by atoms with Crippen molar-refractivity contribution in [3.05, 3.63) is 57.2 Å². The van der Waals surface area contributed by atoms with E-state index in [0.717, 1.165) is 5.56 Å². The maximum Gasteiger partial charge on any atom is 0.255 e. The normalized spacial score (nSPS) is 10.3. The van der Waals surface area contributed by atoms with Crippen LogP contribution in [-0.2, 0) is 7.05 Å². The van der Waals surface area contributed by atoms with E-state index in [-0.39, 0.29) is 16.3 Å². The van der Waals surface area contributed by atoms with E-state index in [0.29, 0.717) is 5.69 Å². The highest BCUT2D eigenvalue weighted by molar-refractivity contribution is 6.32. The molecule has 0 radical (unpaired) electrons. The number of rotatable bonds is 2. The molecule has 0 fully saturated rings. The number of hydrogen-bond donors (Lipinski definition) is 1. The van der Waals surface area contributed by atoms with Crippen LogP contribution >= 0.6 is 11.6 Å². The second-order valence-corrected chi connectivity index (χ2v) is 4.53. The molecule has 2 aromatic heterocycles. The Morgan fingerprint density at radius 3 is 2.84 bits per heavy atom. The molecule has 1 N–H and O–H groups in total. The highest BCUT2D eigenvalue weighted by Crippen LogP contribution is 2.20. The number of aryl methyl sites for hydroxylation is 2. The number of carbonyl (C=O) groups is 1. The summed E-state index contributed by atoms with van der Waals surface area (Å²) in [7, 11) is 1.62. The van der Waals surface area contributed by atoms with Crippen molar-refractivity contribution in [1.82, 2.24) is 9.55 Å². The van der Waals surface area contributed by atoms with E-state index in [1.165, 1.54) is 16.8 Å². The molecule has 98 valence electrons. The summed E-state index contributed by atoms with van der Waals surface area (Å²) in [5.74, 6) is -0.396. The molecule has 0 aliphatic carbocycles. The Labute approximate surface area is 114 Å². The fourth-order valence-corrected chi connectivity index (χ4v) is 1.68. The molecule has 0 saturated heterocycles. The fourth-order valence-electron chi connectivity index (χ4n) is 1.52. The first-order valence-electron chi connectivity index (χ1n) is 5.57. The third-order valence-corrected chi connectivity index (χ3v) is 2.89. The van der Waals surface area contributed by atoms with Crippen LogP contribution in [0.3, 0.4) is 0 Å². The van der Waals surface area contributed by atoms with Gasteiger partial charge in [-0.25, -0.2) is 4.98 Å². The maximum absolute atomic E-state index is 12.0. The summed E-state index contributed by atoms with van der Waals surface area (Å²) >= 11 is 5.89. The summed E-state index contributed by atoms with van der Waals surface area (Å²) in [5.41, 5.74) is 1.33. The van der Waals surface area contributed by atoms with E-state index in [1.54, 1.807) is 25.4 Å². The lowest BCUT2D eigenvalue weighted by Gasteiger charge is -2.07. The molecule has 0 aliphatic rings. The molecule has 19 heavy (non-hydrogen) atoms. The van der Waals surface area contributed by atoms with Crippen molar-refractivity contribution in [2.45, 2.75) is 6.92 Å². The van der Waals surface area contributed by atoms with E-state index in [1.807, 2.05) is 6.92 Å². The average Bonchev–Trinajstić information content (AvgIpc) is 2.37. The van der Waals surface area contributed by atoms with Crippen LogP contribution in [0.2, 0.25) is 5.15 Å². The van der Waals surface area contributed by atoms with E-state index in [4.69, 9.17) is 11.6 Å². The second-order valence-electron chi connectivity index (χ2n) is 4.17. The van der Waals surface area contributed by atoms with Crippen molar-refractivity contribution in [3.8, 4) is 0 Å². The van der Waals surface area contributed by atoms with Crippen molar-refractivity contribution in [2.75, 3.05) is 5.32 Å². The fraction of sp³-hybridized carbons (Fsp3) is 0.154. The summed E-state index contributed by atoms with van der Waals surface area (Å²) in [6, 6.07) is 4.55. The van der Waals surface area contributed by atoms with E-state index >= 15 is 0 Å². The SMILES string of the molecule is Cc1cnc(Cl)c(NC(=O)c2ccn(C)c(=O)c2)c1. The van der Waals surface area contributed by atoms with E-state index < -0.39 is 5.91 Å². The van der Waals surface area contributed by atoms with Gasteiger partial charge in [-0.2, -0.15) is 0 Å². The van der Waals surface area contributed by atoms with Gasteiger partial charge in [-0.1, -0.05) is 11.6 Å². The Balaban J connectivity index is 2.28. The molecule has 0 spiro atoms. The minimum absolute atomic E-state index is 0.211. The van der Waals surface area contributed by atoms with Crippen LogP contribution in [0.5, 0.6) is 0 Å². The lowest BCUT2D eigenvalue weighted by Crippen LogP contribution is -2.20. The van der Waals surface area contributed by atoms with Crippen LogP contribution in [0, 0.1) is 6.92 Å².